The maximum atomic E-state index is 6.45. The highest BCUT2D eigenvalue weighted by Crippen LogP contribution is 2.40. The van der Waals surface area contributed by atoms with Crippen LogP contribution in [0.15, 0.2) is 0 Å². The second kappa shape index (κ2) is 12.7. The maximum Gasteiger partial charge on any atom is 0.224 e. The van der Waals surface area contributed by atoms with E-state index in [1.807, 2.05) is 0 Å². The highest BCUT2D eigenvalue weighted by molar-refractivity contribution is 5.01. The normalized spacial score (nSPS) is 41.0. The van der Waals surface area contributed by atoms with Gasteiger partial charge in [-0.15, -0.1) is 0 Å². The molecule has 0 unspecified atom stereocenters. The van der Waals surface area contributed by atoms with Gasteiger partial charge in [0.05, 0.1) is 13.2 Å². The summed E-state index contributed by atoms with van der Waals surface area (Å²) in [5.41, 5.74) is 0. The molecular formula is C20H38O11. The maximum absolute atomic E-state index is 6.45. The molecule has 11 nitrogen and oxygen atoms in total. The van der Waals surface area contributed by atoms with Crippen LogP contribution in [0.5, 0.6) is 0 Å². The molecule has 0 aromatic rings. The van der Waals surface area contributed by atoms with Crippen LogP contribution in [-0.4, -0.2) is 132 Å². The van der Waals surface area contributed by atoms with E-state index in [0.29, 0.717) is 0 Å². The molecule has 0 N–H and O–H groups in total. The molecular weight excluding hydrogens is 416 g/mol. The van der Waals surface area contributed by atoms with Gasteiger partial charge in [-0.3, -0.25) is 0 Å². The van der Waals surface area contributed by atoms with Gasteiger partial charge in [0.15, 0.2) is 6.29 Å². The van der Waals surface area contributed by atoms with Crippen molar-refractivity contribution in [1.29, 1.82) is 0 Å². The zero-order valence-electron chi connectivity index (χ0n) is 19.7. The van der Waals surface area contributed by atoms with Crippen molar-refractivity contribution in [2.75, 3.05) is 76.7 Å². The Balaban J connectivity index is 2.38. The summed E-state index contributed by atoms with van der Waals surface area (Å²) in [4.78, 5) is 0. The van der Waals surface area contributed by atoms with Crippen molar-refractivity contribution in [3.63, 3.8) is 0 Å². The van der Waals surface area contributed by atoms with E-state index in [4.69, 9.17) is 52.1 Å². The third kappa shape index (κ3) is 5.56. The van der Waals surface area contributed by atoms with Gasteiger partial charge in [0.2, 0.25) is 5.79 Å². The predicted octanol–water partition coefficient (Wildman–Crippen LogP) is -0.163. The summed E-state index contributed by atoms with van der Waals surface area (Å²) in [5, 5.41) is 0. The summed E-state index contributed by atoms with van der Waals surface area (Å²) in [5.74, 6) is -1.34. The van der Waals surface area contributed by atoms with Crippen LogP contribution in [0.4, 0.5) is 0 Å². The first-order valence-corrected chi connectivity index (χ1v) is 10.1. The van der Waals surface area contributed by atoms with Gasteiger partial charge in [0, 0.05) is 56.9 Å². The summed E-state index contributed by atoms with van der Waals surface area (Å²) < 4.78 is 63.5. The molecule has 184 valence electrons. The predicted molar refractivity (Wildman–Crippen MR) is 107 cm³/mol. The molecule has 2 aliphatic rings. The first-order chi connectivity index (χ1) is 15.0. The van der Waals surface area contributed by atoms with E-state index in [-0.39, 0.29) is 19.8 Å². The van der Waals surface area contributed by atoms with Crippen LogP contribution in [0.25, 0.3) is 0 Å². The third-order valence-electron chi connectivity index (χ3n) is 5.71. The number of hydrogen-bond donors (Lipinski definition) is 0. The van der Waals surface area contributed by atoms with Crippen molar-refractivity contribution in [1.82, 2.24) is 0 Å². The summed E-state index contributed by atoms with van der Waals surface area (Å²) in [7, 11) is 12.6. The Kier molecular flexibility index (Phi) is 11.0. The molecule has 2 heterocycles. The molecule has 2 fully saturated rings. The van der Waals surface area contributed by atoms with Crippen LogP contribution >= 0.6 is 0 Å². The van der Waals surface area contributed by atoms with Gasteiger partial charge in [0.25, 0.3) is 0 Å². The Hall–Kier alpha value is -0.440. The minimum absolute atomic E-state index is 0.0577. The molecule has 9 atom stereocenters. The van der Waals surface area contributed by atoms with Crippen molar-refractivity contribution in [3.05, 3.63) is 0 Å². The third-order valence-corrected chi connectivity index (χ3v) is 5.71. The fourth-order valence-electron chi connectivity index (χ4n) is 4.43. The van der Waals surface area contributed by atoms with Gasteiger partial charge in [0.1, 0.15) is 49.3 Å². The molecule has 0 radical (unpaired) electrons. The lowest BCUT2D eigenvalue weighted by Gasteiger charge is -2.47. The monoisotopic (exact) mass is 454 g/mol. The largest absolute Gasteiger partial charge is 0.382 e. The number of hydrogen-bond acceptors (Lipinski definition) is 11. The van der Waals surface area contributed by atoms with Gasteiger partial charge in [-0.2, -0.15) is 0 Å². The second-order valence-corrected chi connectivity index (χ2v) is 7.43. The van der Waals surface area contributed by atoms with Gasteiger partial charge in [-0.05, 0) is 0 Å². The van der Waals surface area contributed by atoms with E-state index in [0.717, 1.165) is 0 Å². The molecule has 2 rings (SSSR count). The van der Waals surface area contributed by atoms with Crippen molar-refractivity contribution in [2.24, 2.45) is 0 Å². The van der Waals surface area contributed by atoms with Crippen LogP contribution in [0, 0.1) is 0 Å². The zero-order chi connectivity index (χ0) is 23.0. The number of rotatable bonds is 13. The summed E-state index contributed by atoms with van der Waals surface area (Å²) in [6, 6.07) is 0. The van der Waals surface area contributed by atoms with E-state index in [2.05, 4.69) is 0 Å². The molecule has 0 aliphatic carbocycles. The topological polar surface area (TPSA) is 102 Å². The zero-order valence-corrected chi connectivity index (χ0v) is 19.7. The quantitative estimate of drug-likeness (QED) is 0.371. The van der Waals surface area contributed by atoms with Gasteiger partial charge in [-0.25, -0.2) is 0 Å². The Bertz CT molecular complexity index is 510. The Morgan fingerprint density at radius 2 is 1.19 bits per heavy atom. The van der Waals surface area contributed by atoms with E-state index in [1.54, 1.807) is 56.9 Å². The molecule has 31 heavy (non-hydrogen) atoms. The highest BCUT2D eigenvalue weighted by Gasteiger charge is 2.60. The Morgan fingerprint density at radius 1 is 0.613 bits per heavy atom. The number of methoxy groups -OCH3 is 8. The number of ether oxygens (including phenoxy) is 11. The van der Waals surface area contributed by atoms with Crippen LogP contribution in [0.1, 0.15) is 0 Å². The first kappa shape index (κ1) is 26.8. The average Bonchev–Trinajstić information content (AvgIpc) is 3.05. The molecule has 0 bridgehead atoms. The van der Waals surface area contributed by atoms with Crippen LogP contribution in [0.2, 0.25) is 0 Å². The lowest BCUT2D eigenvalue weighted by molar-refractivity contribution is -0.390. The Labute approximate surface area is 184 Å². The smallest absolute Gasteiger partial charge is 0.224 e. The summed E-state index contributed by atoms with van der Waals surface area (Å²) >= 11 is 0. The molecule has 0 aromatic heterocycles. The van der Waals surface area contributed by atoms with Gasteiger partial charge >= 0.3 is 0 Å². The fraction of sp³-hybridized carbons (Fsp3) is 1.00. The van der Waals surface area contributed by atoms with E-state index in [1.165, 1.54) is 0 Å². The van der Waals surface area contributed by atoms with Gasteiger partial charge in [-0.1, -0.05) is 0 Å². The molecule has 2 aliphatic heterocycles. The minimum Gasteiger partial charge on any atom is -0.382 e. The second-order valence-electron chi connectivity index (χ2n) is 7.43. The summed E-state index contributed by atoms with van der Waals surface area (Å²) in [6.07, 6.45) is -4.42. The Morgan fingerprint density at radius 3 is 1.68 bits per heavy atom. The lowest BCUT2D eigenvalue weighted by Crippen LogP contribution is -2.64. The van der Waals surface area contributed by atoms with Crippen molar-refractivity contribution < 1.29 is 52.1 Å². The first-order valence-electron chi connectivity index (χ1n) is 10.1. The van der Waals surface area contributed by atoms with Crippen LogP contribution in [0.3, 0.4) is 0 Å². The van der Waals surface area contributed by atoms with Crippen molar-refractivity contribution in [3.8, 4) is 0 Å². The van der Waals surface area contributed by atoms with E-state index in [9.17, 15) is 0 Å². The molecule has 11 heteroatoms. The van der Waals surface area contributed by atoms with E-state index >= 15 is 0 Å². The summed E-state index contributed by atoms with van der Waals surface area (Å²) in [6.45, 7) is 0.612. The van der Waals surface area contributed by atoms with Gasteiger partial charge < -0.3 is 52.1 Å². The lowest BCUT2D eigenvalue weighted by atomic mass is 9.98. The molecule has 0 aromatic carbocycles. The SMILES string of the molecule is COC[C@@H]1O[C@@H](O[C@@]2(COC)O[C@@H](COC)[C@@H](OC)[C@H]2OC)[C@@H](OC)[C@@H](OC)[C@H]1OC. The highest BCUT2D eigenvalue weighted by atomic mass is 16.8. The minimum atomic E-state index is -1.34. The molecule has 0 spiro atoms. The van der Waals surface area contributed by atoms with Crippen LogP contribution in [-0.2, 0) is 52.1 Å². The fourth-order valence-corrected chi connectivity index (χ4v) is 4.43. The molecule has 0 amide bonds. The average molecular weight is 455 g/mol. The molecule has 0 saturated carbocycles. The van der Waals surface area contributed by atoms with E-state index < -0.39 is 54.8 Å². The van der Waals surface area contributed by atoms with Crippen molar-refractivity contribution in [2.45, 2.75) is 54.8 Å². The van der Waals surface area contributed by atoms with Crippen LogP contribution < -0.4 is 0 Å². The molecule has 2 saturated heterocycles. The standard InChI is InChI=1S/C20H38O11/c1-21-9-12-14(24-4)16(26-6)17(27-7)19(29-12)31-20(11-23-3)18(28-8)15(25-5)13(30-20)10-22-2/h12-19H,9-11H2,1-8H3/t12-,13-,14-,15+,16-,17-,18+,19-,20+/m0/s1. The van der Waals surface area contributed by atoms with Crippen molar-refractivity contribution >= 4 is 0 Å².